The predicted molar refractivity (Wildman–Crippen MR) is 139 cm³/mol. The molecule has 3 atom stereocenters. The number of hydrogen-bond acceptors (Lipinski definition) is 4. The lowest BCUT2D eigenvalue weighted by Gasteiger charge is -2.46. The zero-order valence-electron chi connectivity index (χ0n) is 20.3. The van der Waals surface area contributed by atoms with Gasteiger partial charge in [0.15, 0.2) is 0 Å². The fourth-order valence-corrected chi connectivity index (χ4v) is 5.86. The van der Waals surface area contributed by atoms with Crippen molar-refractivity contribution in [1.82, 2.24) is 9.80 Å². The topological polar surface area (TPSA) is 35.9 Å². The highest BCUT2D eigenvalue weighted by atomic mass is 35.5. The van der Waals surface area contributed by atoms with Crippen molar-refractivity contribution in [1.29, 1.82) is 0 Å². The maximum absolute atomic E-state index is 14.3. The van der Waals surface area contributed by atoms with Gasteiger partial charge in [0.25, 0.3) is 0 Å². The molecule has 2 aliphatic rings. The summed E-state index contributed by atoms with van der Waals surface area (Å²) in [6.07, 6.45) is 2.00. The summed E-state index contributed by atoms with van der Waals surface area (Å²) in [7, 11) is 2.15. The van der Waals surface area contributed by atoms with Crippen LogP contribution in [0.2, 0.25) is 5.02 Å². The molecule has 3 unspecified atom stereocenters. The van der Waals surface area contributed by atoms with Crippen LogP contribution in [0.15, 0.2) is 60.7 Å². The van der Waals surface area contributed by atoms with E-state index in [2.05, 4.69) is 47.2 Å². The SMILES string of the molecule is CN1CCN(CC2CC(OCc3c(F)cccc3Cl)CCC2(O)c2ccc3ccccc3c2)CC1. The largest absolute Gasteiger partial charge is 0.385 e. The maximum atomic E-state index is 14.3. The van der Waals surface area contributed by atoms with E-state index in [1.54, 1.807) is 12.1 Å². The third-order valence-electron chi connectivity index (χ3n) is 7.92. The van der Waals surface area contributed by atoms with E-state index < -0.39 is 5.60 Å². The highest BCUT2D eigenvalue weighted by Crippen LogP contribution is 2.44. The Bertz CT molecular complexity index is 1150. The van der Waals surface area contributed by atoms with Crippen LogP contribution in [0.1, 0.15) is 30.4 Å². The van der Waals surface area contributed by atoms with E-state index in [9.17, 15) is 9.50 Å². The average Bonchev–Trinajstić information content (AvgIpc) is 2.86. The number of rotatable bonds is 6. The molecule has 3 aromatic rings. The van der Waals surface area contributed by atoms with Gasteiger partial charge >= 0.3 is 0 Å². The van der Waals surface area contributed by atoms with Crippen molar-refractivity contribution in [2.24, 2.45) is 5.92 Å². The third-order valence-corrected chi connectivity index (χ3v) is 8.27. The lowest BCUT2D eigenvalue weighted by molar-refractivity contribution is -0.114. The first-order valence-electron chi connectivity index (χ1n) is 12.6. The summed E-state index contributed by atoms with van der Waals surface area (Å²) in [6.45, 7) is 5.03. The van der Waals surface area contributed by atoms with Crippen LogP contribution in [0.3, 0.4) is 0 Å². The molecule has 35 heavy (non-hydrogen) atoms. The molecular formula is C29H34ClFN2O2. The molecule has 5 rings (SSSR count). The zero-order chi connectivity index (χ0) is 24.4. The van der Waals surface area contributed by atoms with Crippen LogP contribution in [0, 0.1) is 11.7 Å². The van der Waals surface area contributed by atoms with Gasteiger partial charge in [-0.1, -0.05) is 54.1 Å². The number of aliphatic hydroxyl groups is 1. The number of nitrogens with zero attached hydrogens (tertiary/aromatic N) is 2. The number of hydrogen-bond donors (Lipinski definition) is 1. The van der Waals surface area contributed by atoms with Gasteiger partial charge in [-0.25, -0.2) is 4.39 Å². The zero-order valence-corrected chi connectivity index (χ0v) is 21.1. The first kappa shape index (κ1) is 24.7. The fourth-order valence-electron chi connectivity index (χ4n) is 5.64. The van der Waals surface area contributed by atoms with Crippen molar-refractivity contribution >= 4 is 22.4 Å². The van der Waals surface area contributed by atoms with Gasteiger partial charge in [-0.3, -0.25) is 0 Å². The van der Waals surface area contributed by atoms with Crippen LogP contribution >= 0.6 is 11.6 Å². The van der Waals surface area contributed by atoms with Crippen LogP contribution in [-0.2, 0) is 16.9 Å². The second-order valence-electron chi connectivity index (χ2n) is 10.2. The molecule has 1 saturated carbocycles. The monoisotopic (exact) mass is 496 g/mol. The van der Waals surface area contributed by atoms with E-state index in [0.29, 0.717) is 23.4 Å². The normalized spacial score (nSPS) is 26.3. The number of halogens is 2. The summed E-state index contributed by atoms with van der Waals surface area (Å²) in [5.41, 5.74) is 0.453. The summed E-state index contributed by atoms with van der Waals surface area (Å²) in [6, 6.07) is 19.3. The first-order chi connectivity index (χ1) is 16.9. The summed E-state index contributed by atoms with van der Waals surface area (Å²) in [5, 5.41) is 14.9. The van der Waals surface area contributed by atoms with Crippen LogP contribution in [0.25, 0.3) is 10.8 Å². The number of fused-ring (bicyclic) bond motifs is 1. The molecule has 2 fully saturated rings. The molecule has 1 aliphatic carbocycles. The van der Waals surface area contributed by atoms with Crippen molar-refractivity contribution in [2.45, 2.75) is 37.6 Å². The van der Waals surface area contributed by atoms with E-state index >= 15 is 0 Å². The van der Waals surface area contributed by atoms with Gasteiger partial charge in [0.05, 0.1) is 18.3 Å². The van der Waals surface area contributed by atoms with Crippen molar-refractivity contribution in [2.75, 3.05) is 39.8 Å². The smallest absolute Gasteiger partial charge is 0.130 e. The molecule has 186 valence electrons. The van der Waals surface area contributed by atoms with Crippen molar-refractivity contribution in [3.05, 3.63) is 82.6 Å². The van der Waals surface area contributed by atoms with Gasteiger partial charge in [-0.05, 0) is 60.8 Å². The standard InChI is InChI=1S/C29H34ClFN2O2/c1-32-13-15-33(16-14-32)19-24-18-25(35-20-26-27(30)7-4-8-28(26)31)11-12-29(24,34)23-10-9-21-5-2-3-6-22(21)17-23/h2-10,17,24-25,34H,11-16,18-20H2,1H3. The van der Waals surface area contributed by atoms with Gasteiger partial charge in [0.1, 0.15) is 5.82 Å². The minimum atomic E-state index is -0.928. The van der Waals surface area contributed by atoms with Crippen molar-refractivity contribution < 1.29 is 14.2 Å². The van der Waals surface area contributed by atoms with E-state index in [1.165, 1.54) is 11.5 Å². The van der Waals surface area contributed by atoms with Gasteiger partial charge in [0, 0.05) is 49.2 Å². The first-order valence-corrected chi connectivity index (χ1v) is 13.0. The average molecular weight is 497 g/mol. The maximum Gasteiger partial charge on any atom is 0.130 e. The quantitative estimate of drug-likeness (QED) is 0.492. The molecule has 3 aromatic carbocycles. The Morgan fingerprint density at radius 2 is 1.80 bits per heavy atom. The summed E-state index contributed by atoms with van der Waals surface area (Å²) >= 11 is 6.22. The highest BCUT2D eigenvalue weighted by molar-refractivity contribution is 6.31. The van der Waals surface area contributed by atoms with Crippen LogP contribution in [0.4, 0.5) is 4.39 Å². The van der Waals surface area contributed by atoms with E-state index in [0.717, 1.165) is 50.1 Å². The van der Waals surface area contributed by atoms with Crippen LogP contribution < -0.4 is 0 Å². The second-order valence-corrected chi connectivity index (χ2v) is 10.6. The molecule has 1 heterocycles. The molecule has 0 aromatic heterocycles. The number of benzene rings is 3. The Morgan fingerprint density at radius 3 is 2.57 bits per heavy atom. The van der Waals surface area contributed by atoms with Crippen LogP contribution in [0.5, 0.6) is 0 Å². The van der Waals surface area contributed by atoms with Gasteiger partial charge < -0.3 is 19.6 Å². The Morgan fingerprint density at radius 1 is 1.03 bits per heavy atom. The third kappa shape index (κ3) is 5.40. The van der Waals surface area contributed by atoms with Gasteiger partial charge in [-0.2, -0.15) is 0 Å². The number of piperazine rings is 1. The van der Waals surface area contributed by atoms with E-state index in [4.69, 9.17) is 16.3 Å². The summed E-state index contributed by atoms with van der Waals surface area (Å²) < 4.78 is 20.5. The molecule has 0 amide bonds. The lowest BCUT2D eigenvalue weighted by Crippen LogP contribution is -2.52. The van der Waals surface area contributed by atoms with Gasteiger partial charge in [-0.15, -0.1) is 0 Å². The summed E-state index contributed by atoms with van der Waals surface area (Å²) in [5.74, 6) is -0.322. The Kier molecular flexibility index (Phi) is 7.42. The molecule has 6 heteroatoms. The molecule has 1 aliphatic heterocycles. The molecule has 1 N–H and O–H groups in total. The Hall–Kier alpha value is -2.02. The highest BCUT2D eigenvalue weighted by Gasteiger charge is 2.44. The molecular weight excluding hydrogens is 463 g/mol. The Balaban J connectivity index is 1.37. The molecule has 4 nitrogen and oxygen atoms in total. The van der Waals surface area contributed by atoms with Gasteiger partial charge in [0.2, 0.25) is 0 Å². The second kappa shape index (κ2) is 10.5. The lowest BCUT2D eigenvalue weighted by atomic mass is 9.70. The van der Waals surface area contributed by atoms with Crippen LogP contribution in [-0.4, -0.2) is 60.8 Å². The van der Waals surface area contributed by atoms with E-state index in [1.807, 2.05) is 12.1 Å². The number of likely N-dealkylation sites (N-methyl/N-ethyl adjacent to an activating group) is 1. The summed E-state index contributed by atoms with van der Waals surface area (Å²) in [4.78, 5) is 4.81. The van der Waals surface area contributed by atoms with Crippen molar-refractivity contribution in [3.63, 3.8) is 0 Å². The minimum absolute atomic E-state index is 0.0157. The minimum Gasteiger partial charge on any atom is -0.385 e. The fraction of sp³-hybridized carbons (Fsp3) is 0.448. The Labute approximate surface area is 212 Å². The molecule has 0 radical (unpaired) electrons. The number of ether oxygens (including phenoxy) is 1. The van der Waals surface area contributed by atoms with E-state index in [-0.39, 0.29) is 24.4 Å². The predicted octanol–water partition coefficient (Wildman–Crippen LogP) is 5.45. The molecule has 1 saturated heterocycles. The molecule has 0 spiro atoms. The van der Waals surface area contributed by atoms with Crippen molar-refractivity contribution in [3.8, 4) is 0 Å². The molecule has 0 bridgehead atoms.